The molecule has 5 heteroatoms. The summed E-state index contributed by atoms with van der Waals surface area (Å²) in [6.07, 6.45) is 2.19. The van der Waals surface area contributed by atoms with Crippen LogP contribution in [0.1, 0.15) is 32.6 Å². The van der Waals surface area contributed by atoms with Crippen molar-refractivity contribution in [3.8, 4) is 0 Å². The molecule has 0 saturated heterocycles. The summed E-state index contributed by atoms with van der Waals surface area (Å²) in [5.41, 5.74) is 0. The molecule has 0 aliphatic heterocycles. The van der Waals surface area contributed by atoms with E-state index in [0.717, 1.165) is 12.8 Å². The van der Waals surface area contributed by atoms with Crippen molar-refractivity contribution in [3.63, 3.8) is 0 Å². The highest BCUT2D eigenvalue weighted by Crippen LogP contribution is 2.12. The normalized spacial score (nSPS) is 14.6. The molecular formula is C7H16O4S. The van der Waals surface area contributed by atoms with Gasteiger partial charge in [-0.15, -0.1) is 0 Å². The van der Waals surface area contributed by atoms with Crippen LogP contribution in [0.3, 0.4) is 0 Å². The predicted molar refractivity (Wildman–Crippen MR) is 46.6 cm³/mol. The maximum atomic E-state index is 10.7. The number of aliphatic hydroxyl groups excluding tert-OH is 1. The van der Waals surface area contributed by atoms with Crippen LogP contribution in [-0.4, -0.2) is 29.9 Å². The van der Waals surface area contributed by atoms with Crippen LogP contribution >= 0.6 is 0 Å². The first-order valence-corrected chi connectivity index (χ1v) is 5.59. The SMILES string of the molecule is CCCCC(CCO)S(=O)(=O)O. The number of rotatable bonds is 6. The van der Waals surface area contributed by atoms with Crippen LogP contribution in [0.5, 0.6) is 0 Å². The van der Waals surface area contributed by atoms with Gasteiger partial charge in [0.25, 0.3) is 10.1 Å². The van der Waals surface area contributed by atoms with E-state index in [2.05, 4.69) is 0 Å². The lowest BCUT2D eigenvalue weighted by Gasteiger charge is -2.10. The van der Waals surface area contributed by atoms with Crippen molar-refractivity contribution < 1.29 is 18.1 Å². The smallest absolute Gasteiger partial charge is 0.267 e. The lowest BCUT2D eigenvalue weighted by atomic mass is 10.1. The largest absolute Gasteiger partial charge is 0.396 e. The van der Waals surface area contributed by atoms with Gasteiger partial charge in [-0.05, 0) is 12.8 Å². The van der Waals surface area contributed by atoms with Gasteiger partial charge in [-0.25, -0.2) is 0 Å². The van der Waals surface area contributed by atoms with Gasteiger partial charge in [0.1, 0.15) is 0 Å². The lowest BCUT2D eigenvalue weighted by Crippen LogP contribution is -2.21. The van der Waals surface area contributed by atoms with E-state index in [4.69, 9.17) is 9.66 Å². The van der Waals surface area contributed by atoms with Gasteiger partial charge in [0, 0.05) is 6.61 Å². The average Bonchev–Trinajstić information content (AvgIpc) is 1.95. The maximum Gasteiger partial charge on any atom is 0.267 e. The summed E-state index contributed by atoms with van der Waals surface area (Å²) in [5.74, 6) is 0. The number of aliphatic hydroxyl groups is 1. The van der Waals surface area contributed by atoms with E-state index in [-0.39, 0.29) is 13.0 Å². The summed E-state index contributed by atoms with van der Waals surface area (Å²) >= 11 is 0. The monoisotopic (exact) mass is 196 g/mol. The lowest BCUT2D eigenvalue weighted by molar-refractivity contribution is 0.279. The Kier molecular flexibility index (Phi) is 5.44. The molecule has 0 aliphatic carbocycles. The van der Waals surface area contributed by atoms with Crippen molar-refractivity contribution in [1.82, 2.24) is 0 Å². The Morgan fingerprint density at radius 3 is 2.25 bits per heavy atom. The Bertz CT molecular complexity index is 197. The molecule has 12 heavy (non-hydrogen) atoms. The van der Waals surface area contributed by atoms with Crippen molar-refractivity contribution in [2.75, 3.05) is 6.61 Å². The summed E-state index contributed by atoms with van der Waals surface area (Å²) < 4.78 is 30.0. The van der Waals surface area contributed by atoms with Crippen LogP contribution in [0.2, 0.25) is 0 Å². The quantitative estimate of drug-likeness (QED) is 0.617. The van der Waals surface area contributed by atoms with E-state index in [0.29, 0.717) is 6.42 Å². The summed E-state index contributed by atoms with van der Waals surface area (Å²) in [4.78, 5) is 0. The van der Waals surface area contributed by atoms with Gasteiger partial charge in [-0.1, -0.05) is 19.8 Å². The highest BCUT2D eigenvalue weighted by atomic mass is 32.2. The minimum Gasteiger partial charge on any atom is -0.396 e. The fourth-order valence-electron chi connectivity index (χ4n) is 1.02. The van der Waals surface area contributed by atoms with E-state index in [1.54, 1.807) is 0 Å². The second-order valence-corrected chi connectivity index (χ2v) is 4.49. The van der Waals surface area contributed by atoms with E-state index >= 15 is 0 Å². The summed E-state index contributed by atoms with van der Waals surface area (Å²) in [5, 5.41) is 7.73. The van der Waals surface area contributed by atoms with Crippen LogP contribution in [0, 0.1) is 0 Å². The molecule has 0 spiro atoms. The molecule has 0 amide bonds. The Hall–Kier alpha value is -0.130. The van der Waals surface area contributed by atoms with Gasteiger partial charge in [0.05, 0.1) is 5.25 Å². The van der Waals surface area contributed by atoms with E-state index in [1.807, 2.05) is 6.92 Å². The van der Waals surface area contributed by atoms with Gasteiger partial charge < -0.3 is 5.11 Å². The second-order valence-electron chi connectivity index (χ2n) is 2.79. The Labute approximate surface area is 73.4 Å². The minimum absolute atomic E-state index is 0.124. The molecule has 0 heterocycles. The third-order valence-electron chi connectivity index (χ3n) is 1.75. The third kappa shape index (κ3) is 4.69. The van der Waals surface area contributed by atoms with Crippen LogP contribution in [0.25, 0.3) is 0 Å². The zero-order chi connectivity index (χ0) is 9.61. The fourth-order valence-corrected chi connectivity index (χ4v) is 1.89. The highest BCUT2D eigenvalue weighted by molar-refractivity contribution is 7.86. The number of hydrogen-bond acceptors (Lipinski definition) is 3. The van der Waals surface area contributed by atoms with E-state index < -0.39 is 15.4 Å². The molecule has 4 nitrogen and oxygen atoms in total. The first kappa shape index (κ1) is 11.9. The first-order chi connectivity index (χ1) is 5.52. The minimum atomic E-state index is -3.96. The van der Waals surface area contributed by atoms with Gasteiger partial charge in [-0.2, -0.15) is 8.42 Å². The molecule has 0 aromatic heterocycles. The van der Waals surface area contributed by atoms with E-state index in [1.165, 1.54) is 0 Å². The molecule has 0 saturated carbocycles. The number of unbranched alkanes of at least 4 members (excludes halogenated alkanes) is 1. The third-order valence-corrected chi connectivity index (χ3v) is 3.07. The average molecular weight is 196 g/mol. The molecule has 0 rings (SSSR count). The molecule has 0 aromatic rings. The molecule has 0 aliphatic rings. The zero-order valence-electron chi connectivity index (χ0n) is 7.23. The highest BCUT2D eigenvalue weighted by Gasteiger charge is 2.21. The Balaban J connectivity index is 4.05. The van der Waals surface area contributed by atoms with Crippen molar-refractivity contribution in [3.05, 3.63) is 0 Å². The standard InChI is InChI=1S/C7H16O4S/c1-2-3-4-7(5-6-8)12(9,10)11/h7-8H,2-6H2,1H3,(H,9,10,11). The first-order valence-electron chi connectivity index (χ1n) is 4.09. The van der Waals surface area contributed by atoms with Gasteiger partial charge >= 0.3 is 0 Å². The molecule has 0 bridgehead atoms. The molecule has 0 radical (unpaired) electrons. The summed E-state index contributed by atoms with van der Waals surface area (Å²) in [6.45, 7) is 1.74. The molecule has 1 atom stereocenters. The van der Waals surface area contributed by atoms with Crippen LogP contribution in [0.15, 0.2) is 0 Å². The second kappa shape index (κ2) is 5.50. The molecule has 2 N–H and O–H groups in total. The molecule has 1 unspecified atom stereocenters. The van der Waals surface area contributed by atoms with Gasteiger partial charge in [0.2, 0.25) is 0 Å². The maximum absolute atomic E-state index is 10.7. The predicted octanol–water partition coefficient (Wildman–Crippen LogP) is 0.815. The molecule has 0 fully saturated rings. The number of hydrogen-bond donors (Lipinski definition) is 2. The Morgan fingerprint density at radius 2 is 1.92 bits per heavy atom. The summed E-state index contributed by atoms with van der Waals surface area (Å²) in [6, 6.07) is 0. The van der Waals surface area contributed by atoms with Crippen molar-refractivity contribution in [1.29, 1.82) is 0 Å². The molecule has 74 valence electrons. The van der Waals surface area contributed by atoms with Crippen molar-refractivity contribution >= 4 is 10.1 Å². The van der Waals surface area contributed by atoms with Crippen LogP contribution in [-0.2, 0) is 10.1 Å². The van der Waals surface area contributed by atoms with E-state index in [9.17, 15) is 8.42 Å². The van der Waals surface area contributed by atoms with Crippen molar-refractivity contribution in [2.45, 2.75) is 37.9 Å². The summed E-state index contributed by atoms with van der Waals surface area (Å²) in [7, 11) is -3.96. The molecular weight excluding hydrogens is 180 g/mol. The topological polar surface area (TPSA) is 74.6 Å². The zero-order valence-corrected chi connectivity index (χ0v) is 8.05. The van der Waals surface area contributed by atoms with Crippen LogP contribution in [0.4, 0.5) is 0 Å². The van der Waals surface area contributed by atoms with Crippen LogP contribution < -0.4 is 0 Å². The fraction of sp³-hybridized carbons (Fsp3) is 1.00. The van der Waals surface area contributed by atoms with Crippen molar-refractivity contribution in [2.24, 2.45) is 0 Å². The van der Waals surface area contributed by atoms with Gasteiger partial charge in [0.15, 0.2) is 0 Å². The molecule has 0 aromatic carbocycles. The Morgan fingerprint density at radius 1 is 1.33 bits per heavy atom. The van der Waals surface area contributed by atoms with Gasteiger partial charge in [-0.3, -0.25) is 4.55 Å².